The molecule has 0 radical (unpaired) electrons. The maximum atomic E-state index is 12.2. The molecule has 3 aliphatic rings. The molecule has 0 unspecified atom stereocenters. The van der Waals surface area contributed by atoms with Crippen LogP contribution in [-0.4, -0.2) is 198 Å². The average Bonchev–Trinajstić information content (AvgIpc) is 2.50. The molecular formula is C65H90ClN17O6. The molecule has 3 aromatic carbocycles. The lowest BCUT2D eigenvalue weighted by atomic mass is 10.1. The minimum Gasteiger partial charge on any atom is -0.444 e. The van der Waals surface area contributed by atoms with Gasteiger partial charge in [0.1, 0.15) is 17.1 Å². The summed E-state index contributed by atoms with van der Waals surface area (Å²) in [6.07, 6.45) is 12.0. The van der Waals surface area contributed by atoms with Gasteiger partial charge in [-0.3, -0.25) is 14.5 Å². The molecule has 0 bridgehead atoms. The van der Waals surface area contributed by atoms with Crippen molar-refractivity contribution in [1.82, 2.24) is 70.9 Å². The van der Waals surface area contributed by atoms with Gasteiger partial charge in [0.15, 0.2) is 0 Å². The van der Waals surface area contributed by atoms with E-state index >= 15 is 0 Å². The highest BCUT2D eigenvalue weighted by Crippen LogP contribution is 2.19. The first-order chi connectivity index (χ1) is 42.6. The van der Waals surface area contributed by atoms with Gasteiger partial charge in [0.2, 0.25) is 29.7 Å². The number of hydrogen-bond acceptors (Lipinski definition) is 19. The van der Waals surface area contributed by atoms with Gasteiger partial charge in [0.25, 0.3) is 0 Å². The summed E-state index contributed by atoms with van der Waals surface area (Å²) >= 11 is 5.18. The number of nitrogens with one attached hydrogen (secondary N) is 2. The van der Waals surface area contributed by atoms with Crippen LogP contribution in [0.4, 0.5) is 27.4 Å². The number of benzene rings is 3. The van der Waals surface area contributed by atoms with Crippen molar-refractivity contribution in [1.29, 1.82) is 0 Å². The maximum Gasteiger partial charge on any atom is 0.410 e. The summed E-state index contributed by atoms with van der Waals surface area (Å²) in [6.45, 7) is 27.6. The number of carbonyl (C=O) groups is 4. The second-order valence-electron chi connectivity index (χ2n) is 24.1. The van der Waals surface area contributed by atoms with Crippen LogP contribution < -0.4 is 25.3 Å². The molecule has 6 heterocycles. The van der Waals surface area contributed by atoms with Gasteiger partial charge < -0.3 is 44.6 Å². The number of alkyl halides is 1. The molecule has 0 spiro atoms. The van der Waals surface area contributed by atoms with E-state index < -0.39 is 11.2 Å². The van der Waals surface area contributed by atoms with Crippen LogP contribution in [0.15, 0.2) is 110 Å². The average molecular weight is 1240 g/mol. The van der Waals surface area contributed by atoms with Crippen molar-refractivity contribution >= 4 is 65.6 Å². The molecule has 3 fully saturated rings. The molecule has 6 aromatic rings. The Hall–Kier alpha value is -8.44. The fourth-order valence-corrected chi connectivity index (χ4v) is 9.21. The molecule has 3 aromatic heterocycles. The van der Waals surface area contributed by atoms with E-state index in [-0.39, 0.29) is 42.0 Å². The molecule has 4 amide bonds. The van der Waals surface area contributed by atoms with Crippen LogP contribution in [0.3, 0.4) is 0 Å². The molecule has 9 rings (SSSR count). The van der Waals surface area contributed by atoms with Crippen molar-refractivity contribution < 1.29 is 28.7 Å². The van der Waals surface area contributed by atoms with E-state index in [4.69, 9.17) is 26.1 Å². The van der Waals surface area contributed by atoms with Crippen molar-refractivity contribution in [2.45, 2.75) is 118 Å². The van der Waals surface area contributed by atoms with Crippen LogP contribution >= 0.6 is 11.6 Å². The number of amides is 4. The third kappa shape index (κ3) is 26.4. The van der Waals surface area contributed by atoms with Crippen LogP contribution in [0.2, 0.25) is 0 Å². The second kappa shape index (κ2) is 35.5. The lowest BCUT2D eigenvalue weighted by Crippen LogP contribution is -2.50. The van der Waals surface area contributed by atoms with Gasteiger partial charge in [-0.25, -0.2) is 24.5 Å². The van der Waals surface area contributed by atoms with Gasteiger partial charge in [-0.05, 0) is 118 Å². The summed E-state index contributed by atoms with van der Waals surface area (Å²) in [5.74, 6) is 1.92. The molecule has 24 heteroatoms. The Labute approximate surface area is 530 Å². The monoisotopic (exact) mass is 1240 g/mol. The van der Waals surface area contributed by atoms with Crippen LogP contribution in [-0.2, 0) is 44.7 Å². The minimum atomic E-state index is -0.485. The molecule has 23 nitrogen and oxygen atoms in total. The lowest BCUT2D eigenvalue weighted by Gasteiger charge is -2.35. The van der Waals surface area contributed by atoms with E-state index in [1.54, 1.807) is 28.4 Å². The van der Waals surface area contributed by atoms with E-state index in [1.165, 1.54) is 11.1 Å². The third-order valence-corrected chi connectivity index (χ3v) is 13.7. The number of aromatic nitrogens is 9. The van der Waals surface area contributed by atoms with Crippen molar-refractivity contribution in [3.63, 3.8) is 0 Å². The predicted molar refractivity (Wildman–Crippen MR) is 349 cm³/mol. The number of halogens is 1. The van der Waals surface area contributed by atoms with Crippen LogP contribution in [0.25, 0.3) is 12.2 Å². The van der Waals surface area contributed by atoms with Crippen LogP contribution in [0.5, 0.6) is 0 Å². The Morgan fingerprint density at radius 1 is 0.494 bits per heavy atom. The van der Waals surface area contributed by atoms with Crippen LogP contribution in [0.1, 0.15) is 103 Å². The first-order valence-corrected chi connectivity index (χ1v) is 31.1. The van der Waals surface area contributed by atoms with Gasteiger partial charge in [-0.15, -0.1) is 26.9 Å². The Kier molecular flexibility index (Phi) is 27.8. The van der Waals surface area contributed by atoms with Gasteiger partial charge in [-0.1, -0.05) is 97.1 Å². The highest BCUT2D eigenvalue weighted by Gasteiger charge is 2.29. The fourth-order valence-electron chi connectivity index (χ4n) is 9.13. The van der Waals surface area contributed by atoms with E-state index in [0.717, 1.165) is 74.5 Å². The SMILES string of the molecule is CC(C)(C)OC(=O)N1CCN(c2nncc(/C=C/c3ccccc3)n2)CC1.CC(C)(C)OC(=O)N1CCN(c2nncc(CCc3ccccc3)n2)CC1.CC(C)NC(=O)CCl.CC(C)NC(=O)CN1CCN(c2nncc(CCc3ccccc3)n2)CC1. The largest absolute Gasteiger partial charge is 0.444 e. The molecule has 0 saturated carbocycles. The smallest absolute Gasteiger partial charge is 0.410 e. The molecule has 3 aliphatic heterocycles. The molecular weight excluding hydrogens is 1150 g/mol. The number of carbonyl (C=O) groups excluding carboxylic acids is 4. The van der Waals surface area contributed by atoms with Crippen molar-refractivity contribution in [3.8, 4) is 0 Å². The zero-order valence-corrected chi connectivity index (χ0v) is 54.2. The number of nitrogens with zero attached hydrogens (tertiary/aromatic N) is 15. The van der Waals surface area contributed by atoms with E-state index in [9.17, 15) is 19.2 Å². The zero-order chi connectivity index (χ0) is 64.2. The van der Waals surface area contributed by atoms with E-state index in [0.29, 0.717) is 76.7 Å². The maximum absolute atomic E-state index is 12.2. The molecule has 89 heavy (non-hydrogen) atoms. The first-order valence-electron chi connectivity index (χ1n) is 30.5. The molecule has 2 N–H and O–H groups in total. The number of piperazine rings is 3. The first kappa shape index (κ1) is 69.7. The van der Waals surface area contributed by atoms with Gasteiger partial charge >= 0.3 is 12.2 Å². The highest BCUT2D eigenvalue weighted by atomic mass is 35.5. The van der Waals surface area contributed by atoms with E-state index in [1.807, 2.05) is 141 Å². The number of ether oxygens (including phenoxy) is 2. The highest BCUT2D eigenvalue weighted by molar-refractivity contribution is 6.27. The summed E-state index contributed by atoms with van der Waals surface area (Å²) in [4.78, 5) is 72.4. The summed E-state index contributed by atoms with van der Waals surface area (Å²) in [7, 11) is 0. The third-order valence-electron chi connectivity index (χ3n) is 13.5. The Bertz CT molecular complexity index is 3110. The van der Waals surface area contributed by atoms with Crippen molar-refractivity contribution in [2.24, 2.45) is 0 Å². The summed E-state index contributed by atoms with van der Waals surface area (Å²) in [6, 6.07) is 31.1. The fraction of sp³-hybridized carbons (Fsp3) is 0.492. The molecule has 478 valence electrons. The Balaban J connectivity index is 0.000000200. The van der Waals surface area contributed by atoms with Gasteiger partial charge in [0, 0.05) is 90.6 Å². The normalized spacial score (nSPS) is 14.6. The topological polar surface area (TPSA) is 246 Å². The summed E-state index contributed by atoms with van der Waals surface area (Å²) in [5, 5.41) is 30.4. The Morgan fingerprint density at radius 2 is 0.876 bits per heavy atom. The summed E-state index contributed by atoms with van der Waals surface area (Å²) < 4.78 is 10.9. The van der Waals surface area contributed by atoms with Crippen molar-refractivity contribution in [2.75, 3.05) is 106 Å². The molecule has 0 atom stereocenters. The second-order valence-corrected chi connectivity index (χ2v) is 24.4. The molecule has 3 saturated heterocycles. The van der Waals surface area contributed by atoms with Gasteiger partial charge in [0.05, 0.1) is 42.2 Å². The Morgan fingerprint density at radius 3 is 1.27 bits per heavy atom. The number of aryl methyl sites for hydroxylation is 4. The zero-order valence-electron chi connectivity index (χ0n) is 53.5. The number of anilines is 3. The predicted octanol–water partition coefficient (Wildman–Crippen LogP) is 7.87. The number of rotatable bonds is 16. The standard InChI is InChI=1S/C20H28N6O.C20H27N5O2.C20H25N5O2.C5H10ClNO/c1-16(2)22-19(27)15-25-10-12-26(13-11-25)20-23-18(14-21-24-20)9-8-17-6-4-3-5-7-17;2*1-20(2,3)27-19(26)25-13-11-24(12-14-25)18-22-17(15-21-23-18)10-9-16-7-5-4-6-8-16;1-4(2)7-5(8)3-6/h3-7,14,16H,8-13,15H2,1-2H3,(H,22,27);4-8,15H,9-14H2,1-3H3;4-10,15H,11-14H2,1-3H3;4H,3H2,1-2H3,(H,7,8)/b;;10-9+;. The molecule has 0 aliphatic carbocycles. The minimum absolute atomic E-state index is 0.0537. The van der Waals surface area contributed by atoms with Crippen molar-refractivity contribution in [3.05, 3.63) is 143 Å². The van der Waals surface area contributed by atoms with Gasteiger partial charge in [-0.2, -0.15) is 15.3 Å². The lowest BCUT2D eigenvalue weighted by molar-refractivity contribution is -0.123. The van der Waals surface area contributed by atoms with Crippen LogP contribution in [0, 0.1) is 0 Å². The quantitative estimate of drug-likeness (QED) is 0.0875. The number of hydrogen-bond donors (Lipinski definition) is 2. The summed E-state index contributed by atoms with van der Waals surface area (Å²) in [5.41, 5.74) is 5.35. The van der Waals surface area contributed by atoms with E-state index in [2.05, 4.69) is 102 Å².